The van der Waals surface area contributed by atoms with E-state index >= 15 is 0 Å². The van der Waals surface area contributed by atoms with Crippen LogP contribution in [0.15, 0.2) is 24.3 Å². The molecule has 1 aromatic rings. The van der Waals surface area contributed by atoms with Crippen molar-refractivity contribution in [2.24, 2.45) is 23.5 Å². The number of methoxy groups -OCH3 is 1. The van der Waals surface area contributed by atoms with Crippen molar-refractivity contribution in [3.63, 3.8) is 0 Å². The van der Waals surface area contributed by atoms with Crippen LogP contribution in [-0.2, 0) is 19.2 Å². The molecule has 1 aromatic carbocycles. The van der Waals surface area contributed by atoms with Crippen molar-refractivity contribution in [1.82, 2.24) is 9.80 Å². The molecule has 2 aliphatic heterocycles. The lowest BCUT2D eigenvalue weighted by Gasteiger charge is -2.34. The SMILES string of the molecule is CCN1C(=O)C2C(C1=O)C(c1ccc(OC)cc1)N(C(=O)C1CCCC1)C2C(N)=O. The molecule has 4 amide bonds. The first-order valence-corrected chi connectivity index (χ1v) is 10.5. The topological polar surface area (TPSA) is 110 Å². The fourth-order valence-electron chi connectivity index (χ4n) is 5.41. The number of amides is 4. The van der Waals surface area contributed by atoms with Crippen LogP contribution in [0, 0.1) is 17.8 Å². The van der Waals surface area contributed by atoms with Crippen molar-refractivity contribution in [3.8, 4) is 5.75 Å². The van der Waals surface area contributed by atoms with E-state index in [1.165, 1.54) is 9.80 Å². The molecule has 2 saturated heterocycles. The van der Waals surface area contributed by atoms with Crippen molar-refractivity contribution in [2.75, 3.05) is 13.7 Å². The third-order valence-corrected chi connectivity index (χ3v) is 6.79. The van der Waals surface area contributed by atoms with Crippen molar-refractivity contribution < 1.29 is 23.9 Å². The summed E-state index contributed by atoms with van der Waals surface area (Å²) in [6.45, 7) is 1.95. The molecule has 3 fully saturated rings. The molecule has 8 heteroatoms. The van der Waals surface area contributed by atoms with Gasteiger partial charge in [-0.25, -0.2) is 0 Å². The van der Waals surface area contributed by atoms with Gasteiger partial charge in [-0.2, -0.15) is 0 Å². The van der Waals surface area contributed by atoms with E-state index in [1.54, 1.807) is 38.3 Å². The highest BCUT2D eigenvalue weighted by molar-refractivity contribution is 6.10. The minimum atomic E-state index is -1.12. The molecular weight excluding hydrogens is 386 g/mol. The number of nitrogens with two attached hydrogens (primary N) is 1. The van der Waals surface area contributed by atoms with Crippen LogP contribution in [-0.4, -0.2) is 53.1 Å². The molecular formula is C22H27N3O5. The second-order valence-electron chi connectivity index (χ2n) is 8.26. The van der Waals surface area contributed by atoms with E-state index in [4.69, 9.17) is 10.5 Å². The van der Waals surface area contributed by atoms with Gasteiger partial charge >= 0.3 is 0 Å². The van der Waals surface area contributed by atoms with Gasteiger partial charge in [0.25, 0.3) is 0 Å². The highest BCUT2D eigenvalue weighted by atomic mass is 16.5. The van der Waals surface area contributed by atoms with Crippen molar-refractivity contribution in [2.45, 2.75) is 44.7 Å². The normalized spacial score (nSPS) is 28.9. The Bertz CT molecular complexity index is 877. The maximum atomic E-state index is 13.5. The molecule has 1 saturated carbocycles. The predicted octanol–water partition coefficient (Wildman–Crippen LogP) is 1.24. The molecule has 2 N–H and O–H groups in total. The molecule has 30 heavy (non-hydrogen) atoms. The Morgan fingerprint density at radius 1 is 1.07 bits per heavy atom. The summed E-state index contributed by atoms with van der Waals surface area (Å²) in [6, 6.07) is 5.23. The van der Waals surface area contributed by atoms with E-state index in [9.17, 15) is 19.2 Å². The molecule has 1 aliphatic carbocycles. The van der Waals surface area contributed by atoms with E-state index in [0.29, 0.717) is 11.3 Å². The molecule has 8 nitrogen and oxygen atoms in total. The quantitative estimate of drug-likeness (QED) is 0.731. The minimum Gasteiger partial charge on any atom is -0.497 e. The van der Waals surface area contributed by atoms with Gasteiger partial charge < -0.3 is 15.4 Å². The van der Waals surface area contributed by atoms with Gasteiger partial charge in [0.05, 0.1) is 25.0 Å². The molecule has 3 aliphatic rings. The number of likely N-dealkylation sites (tertiary alicyclic amines) is 2. The summed E-state index contributed by atoms with van der Waals surface area (Å²) >= 11 is 0. The van der Waals surface area contributed by atoms with E-state index in [-0.39, 0.29) is 24.3 Å². The maximum absolute atomic E-state index is 13.5. The number of imide groups is 1. The average molecular weight is 413 g/mol. The Balaban J connectivity index is 1.84. The number of nitrogens with zero attached hydrogens (tertiary/aromatic N) is 2. The third-order valence-electron chi connectivity index (χ3n) is 6.79. The van der Waals surface area contributed by atoms with E-state index in [0.717, 1.165) is 25.7 Å². The highest BCUT2D eigenvalue weighted by Gasteiger charge is 2.65. The first kappa shape index (κ1) is 20.4. The molecule has 2 heterocycles. The van der Waals surface area contributed by atoms with Gasteiger partial charge in [0.15, 0.2) is 0 Å². The zero-order valence-corrected chi connectivity index (χ0v) is 17.2. The molecule has 0 bridgehead atoms. The summed E-state index contributed by atoms with van der Waals surface area (Å²) in [6.07, 6.45) is 3.39. The second-order valence-corrected chi connectivity index (χ2v) is 8.26. The molecule has 0 radical (unpaired) electrons. The van der Waals surface area contributed by atoms with Gasteiger partial charge in [0.1, 0.15) is 11.8 Å². The first-order valence-electron chi connectivity index (χ1n) is 10.5. The Labute approximate surface area is 175 Å². The summed E-state index contributed by atoms with van der Waals surface area (Å²) in [5.74, 6) is -3.02. The summed E-state index contributed by atoms with van der Waals surface area (Å²) in [7, 11) is 1.55. The molecule has 4 atom stereocenters. The lowest BCUT2D eigenvalue weighted by molar-refractivity contribution is -0.148. The number of primary amides is 1. The Morgan fingerprint density at radius 3 is 2.20 bits per heavy atom. The van der Waals surface area contributed by atoms with Crippen LogP contribution in [0.1, 0.15) is 44.2 Å². The van der Waals surface area contributed by atoms with Crippen molar-refractivity contribution in [1.29, 1.82) is 0 Å². The number of ether oxygens (including phenoxy) is 1. The summed E-state index contributed by atoms with van der Waals surface area (Å²) in [5.41, 5.74) is 6.42. The monoisotopic (exact) mass is 413 g/mol. The number of carbonyl (C=O) groups is 4. The summed E-state index contributed by atoms with van der Waals surface area (Å²) in [5, 5.41) is 0. The lowest BCUT2D eigenvalue weighted by Crippen LogP contribution is -2.51. The van der Waals surface area contributed by atoms with Gasteiger partial charge in [0.2, 0.25) is 23.6 Å². The molecule has 0 spiro atoms. The highest BCUT2D eigenvalue weighted by Crippen LogP contribution is 2.51. The Morgan fingerprint density at radius 2 is 1.67 bits per heavy atom. The zero-order chi connectivity index (χ0) is 21.6. The third kappa shape index (κ3) is 2.97. The van der Waals surface area contributed by atoms with Crippen molar-refractivity contribution in [3.05, 3.63) is 29.8 Å². The van der Waals surface area contributed by atoms with Crippen LogP contribution in [0.5, 0.6) is 5.75 Å². The molecule has 4 rings (SSSR count). The van der Waals surface area contributed by atoms with Gasteiger partial charge in [0, 0.05) is 12.5 Å². The number of benzene rings is 1. The summed E-state index contributed by atoms with van der Waals surface area (Å²) in [4.78, 5) is 54.9. The van der Waals surface area contributed by atoms with E-state index < -0.39 is 35.7 Å². The Kier molecular flexibility index (Phi) is 5.26. The second kappa shape index (κ2) is 7.74. The van der Waals surface area contributed by atoms with Gasteiger partial charge in [-0.3, -0.25) is 24.1 Å². The smallest absolute Gasteiger partial charge is 0.241 e. The largest absolute Gasteiger partial charge is 0.497 e. The number of hydrogen-bond donors (Lipinski definition) is 1. The number of carbonyl (C=O) groups excluding carboxylic acids is 4. The van der Waals surface area contributed by atoms with Crippen LogP contribution in [0.2, 0.25) is 0 Å². The van der Waals surface area contributed by atoms with Crippen LogP contribution in [0.4, 0.5) is 0 Å². The fourth-order valence-corrected chi connectivity index (χ4v) is 5.41. The van der Waals surface area contributed by atoms with Crippen molar-refractivity contribution >= 4 is 23.6 Å². The first-order chi connectivity index (χ1) is 14.4. The van der Waals surface area contributed by atoms with Crippen LogP contribution in [0.25, 0.3) is 0 Å². The van der Waals surface area contributed by atoms with Gasteiger partial charge in [-0.1, -0.05) is 25.0 Å². The molecule has 4 unspecified atom stereocenters. The molecule has 0 aromatic heterocycles. The maximum Gasteiger partial charge on any atom is 0.241 e. The Hall–Kier alpha value is -2.90. The fraction of sp³-hybridized carbons (Fsp3) is 0.545. The van der Waals surface area contributed by atoms with Crippen LogP contribution in [0.3, 0.4) is 0 Å². The average Bonchev–Trinajstić information content (AvgIpc) is 3.44. The van der Waals surface area contributed by atoms with Crippen LogP contribution >= 0.6 is 0 Å². The molecule has 160 valence electrons. The number of rotatable bonds is 5. The standard InChI is InChI=1S/C22H27N3O5/c1-3-24-21(28)15-16(22(24)29)18(19(23)26)25(20(27)13-6-4-5-7-13)17(15)12-8-10-14(30-2)11-9-12/h8-11,13,15-18H,3-7H2,1-2H3,(H2,23,26). The minimum absolute atomic E-state index is 0.185. The number of fused-ring (bicyclic) bond motifs is 1. The van der Waals surface area contributed by atoms with E-state index in [1.807, 2.05) is 0 Å². The van der Waals surface area contributed by atoms with Gasteiger partial charge in [-0.05, 0) is 37.5 Å². The van der Waals surface area contributed by atoms with E-state index in [2.05, 4.69) is 0 Å². The predicted molar refractivity (Wildman–Crippen MR) is 107 cm³/mol. The summed E-state index contributed by atoms with van der Waals surface area (Å²) < 4.78 is 5.22. The number of hydrogen-bond acceptors (Lipinski definition) is 5. The van der Waals surface area contributed by atoms with Gasteiger partial charge in [-0.15, -0.1) is 0 Å². The lowest BCUT2D eigenvalue weighted by atomic mass is 9.86. The van der Waals surface area contributed by atoms with Crippen LogP contribution < -0.4 is 10.5 Å². The zero-order valence-electron chi connectivity index (χ0n) is 17.2.